The molecule has 3 aliphatic carbocycles. The van der Waals surface area contributed by atoms with Crippen LogP contribution < -0.4 is 10.6 Å². The van der Waals surface area contributed by atoms with Crippen LogP contribution in [0.1, 0.15) is 37.7 Å². The Hall–Kier alpha value is -2.10. The molecule has 7 nitrogen and oxygen atoms in total. The fourth-order valence-corrected chi connectivity index (χ4v) is 4.09. The highest BCUT2D eigenvalue weighted by atomic mass is 19.4. The van der Waals surface area contributed by atoms with E-state index in [9.17, 15) is 18.0 Å². The number of carbonyl (C=O) groups is 1. The first-order valence-electron chi connectivity index (χ1n) is 9.66. The zero-order chi connectivity index (χ0) is 19.8. The van der Waals surface area contributed by atoms with Gasteiger partial charge in [-0.15, -0.1) is 0 Å². The van der Waals surface area contributed by atoms with Gasteiger partial charge in [0.15, 0.2) is 0 Å². The number of rotatable bonds is 7. The molecule has 4 aliphatic rings. The van der Waals surface area contributed by atoms with E-state index in [1.54, 1.807) is 4.90 Å². The van der Waals surface area contributed by atoms with Gasteiger partial charge in [-0.2, -0.15) is 18.2 Å². The van der Waals surface area contributed by atoms with E-state index < -0.39 is 11.7 Å². The van der Waals surface area contributed by atoms with E-state index in [1.807, 2.05) is 0 Å². The minimum absolute atomic E-state index is 0.0144. The smallest absolute Gasteiger partial charge is 0.379 e. The lowest BCUT2D eigenvalue weighted by Gasteiger charge is -2.61. The predicted molar refractivity (Wildman–Crippen MR) is 95.9 cm³/mol. The summed E-state index contributed by atoms with van der Waals surface area (Å²) < 4.78 is 45.1. The lowest BCUT2D eigenvalue weighted by molar-refractivity contribution is -0.137. The highest BCUT2D eigenvalue weighted by Gasteiger charge is 2.57. The van der Waals surface area contributed by atoms with Crippen LogP contribution in [-0.2, 0) is 15.7 Å². The molecule has 0 unspecified atom stereocenters. The molecular weight excluding hydrogens is 375 g/mol. The molecule has 1 aliphatic heterocycles. The van der Waals surface area contributed by atoms with Gasteiger partial charge in [-0.05, 0) is 31.6 Å². The molecule has 154 valence electrons. The Morgan fingerprint density at radius 1 is 1.29 bits per heavy atom. The molecule has 0 aromatic carbocycles. The van der Waals surface area contributed by atoms with Gasteiger partial charge in [-0.3, -0.25) is 4.79 Å². The van der Waals surface area contributed by atoms with Crippen molar-refractivity contribution in [2.45, 2.75) is 43.8 Å². The van der Waals surface area contributed by atoms with Crippen molar-refractivity contribution in [2.75, 3.05) is 43.5 Å². The molecule has 3 saturated carbocycles. The molecule has 0 radical (unpaired) electrons. The molecule has 2 N–H and O–H groups in total. The zero-order valence-electron chi connectivity index (χ0n) is 15.5. The summed E-state index contributed by atoms with van der Waals surface area (Å²) in [5.41, 5.74) is -0.897. The Bertz CT molecular complexity index is 725. The third-order valence-electron chi connectivity index (χ3n) is 5.73. The highest BCUT2D eigenvalue weighted by molar-refractivity contribution is 5.76. The fraction of sp³-hybridized carbons (Fsp3) is 0.722. The summed E-state index contributed by atoms with van der Waals surface area (Å²) in [6.45, 7) is 2.16. The van der Waals surface area contributed by atoms with Crippen molar-refractivity contribution in [3.8, 4) is 0 Å². The van der Waals surface area contributed by atoms with Crippen molar-refractivity contribution in [1.29, 1.82) is 0 Å². The van der Waals surface area contributed by atoms with E-state index in [1.165, 1.54) is 0 Å². The summed E-state index contributed by atoms with van der Waals surface area (Å²) in [6, 6.07) is 0. The van der Waals surface area contributed by atoms with Crippen molar-refractivity contribution in [3.05, 3.63) is 11.8 Å². The normalized spacial score (nSPS) is 26.9. The van der Waals surface area contributed by atoms with Gasteiger partial charge in [-0.25, -0.2) is 4.98 Å². The Kier molecular flexibility index (Phi) is 5.07. The summed E-state index contributed by atoms with van der Waals surface area (Å²) in [5.74, 6) is 0.766. The van der Waals surface area contributed by atoms with E-state index in [0.717, 1.165) is 31.4 Å². The summed E-state index contributed by atoms with van der Waals surface area (Å²) in [6.07, 6.45) is 0.264. The van der Waals surface area contributed by atoms with Crippen molar-refractivity contribution >= 4 is 17.7 Å². The molecule has 0 spiro atoms. The molecular formula is C18H24F3N5O2. The Labute approximate surface area is 161 Å². The third-order valence-corrected chi connectivity index (χ3v) is 5.73. The minimum Gasteiger partial charge on any atom is -0.379 e. The van der Waals surface area contributed by atoms with E-state index in [0.29, 0.717) is 39.1 Å². The van der Waals surface area contributed by atoms with Crippen molar-refractivity contribution < 1.29 is 22.7 Å². The van der Waals surface area contributed by atoms with Crippen LogP contribution in [0, 0.1) is 5.92 Å². The number of anilines is 2. The largest absolute Gasteiger partial charge is 0.421 e. The first kappa shape index (κ1) is 19.2. The number of nitrogens with one attached hydrogen (secondary N) is 2. The van der Waals surface area contributed by atoms with E-state index in [4.69, 9.17) is 4.74 Å². The molecule has 4 fully saturated rings. The average molecular weight is 399 g/mol. The number of aromatic nitrogens is 2. The second-order valence-electron chi connectivity index (χ2n) is 7.86. The molecule has 2 heterocycles. The van der Waals surface area contributed by atoms with Gasteiger partial charge in [0, 0.05) is 31.4 Å². The molecule has 1 saturated heterocycles. The maximum Gasteiger partial charge on any atom is 0.421 e. The first-order chi connectivity index (χ1) is 13.3. The number of carbonyl (C=O) groups excluding carboxylic acids is 1. The average Bonchev–Trinajstić information content (AvgIpc) is 2.77. The number of amides is 1. The number of nitrogens with zero attached hydrogens (tertiary/aromatic N) is 3. The van der Waals surface area contributed by atoms with Gasteiger partial charge in [0.05, 0.1) is 19.6 Å². The van der Waals surface area contributed by atoms with Gasteiger partial charge in [0.2, 0.25) is 11.9 Å². The molecule has 1 aromatic rings. The molecule has 28 heavy (non-hydrogen) atoms. The first-order valence-corrected chi connectivity index (χ1v) is 9.66. The SMILES string of the molecule is O=C1CCOCCN1CCCNc1nc(NC23CC(C2)C3)ncc1C(F)(F)F. The minimum atomic E-state index is -4.53. The zero-order valence-corrected chi connectivity index (χ0v) is 15.5. The van der Waals surface area contributed by atoms with Gasteiger partial charge in [-0.1, -0.05) is 0 Å². The molecule has 10 heteroatoms. The van der Waals surface area contributed by atoms with Gasteiger partial charge < -0.3 is 20.3 Å². The molecule has 5 rings (SSSR count). The van der Waals surface area contributed by atoms with Gasteiger partial charge in [0.25, 0.3) is 0 Å². The lowest BCUT2D eigenvalue weighted by atomic mass is 9.50. The summed E-state index contributed by atoms with van der Waals surface area (Å²) in [4.78, 5) is 21.6. The molecule has 1 aromatic heterocycles. The topological polar surface area (TPSA) is 79.4 Å². The third kappa shape index (κ3) is 4.01. The second-order valence-corrected chi connectivity index (χ2v) is 7.86. The number of ether oxygens (including phenoxy) is 1. The van der Waals surface area contributed by atoms with Gasteiger partial charge in [0.1, 0.15) is 11.4 Å². The van der Waals surface area contributed by atoms with Crippen LogP contribution in [0.25, 0.3) is 0 Å². The van der Waals surface area contributed by atoms with Gasteiger partial charge >= 0.3 is 6.18 Å². The maximum absolute atomic E-state index is 13.3. The number of halogens is 3. The fourth-order valence-electron chi connectivity index (χ4n) is 4.09. The maximum atomic E-state index is 13.3. The number of hydrogen-bond acceptors (Lipinski definition) is 6. The van der Waals surface area contributed by atoms with Crippen LogP contribution in [0.3, 0.4) is 0 Å². The van der Waals surface area contributed by atoms with Crippen molar-refractivity contribution in [1.82, 2.24) is 14.9 Å². The van der Waals surface area contributed by atoms with E-state index >= 15 is 0 Å². The van der Waals surface area contributed by atoms with Crippen molar-refractivity contribution in [3.63, 3.8) is 0 Å². The number of alkyl halides is 3. The standard InChI is InChI=1S/C18H24F3N5O2/c19-18(20,21)13-11-23-16(25-17-8-12(9-17)10-17)24-15(13)22-3-1-4-26-5-7-28-6-2-14(26)27/h11-12H,1-10H2,(H2,22,23,24,25). The second kappa shape index (κ2) is 7.38. The summed E-state index contributed by atoms with van der Waals surface area (Å²) in [7, 11) is 0. The van der Waals surface area contributed by atoms with E-state index in [2.05, 4.69) is 20.6 Å². The lowest BCUT2D eigenvalue weighted by Crippen LogP contribution is -2.63. The molecule has 0 atom stereocenters. The quantitative estimate of drug-likeness (QED) is 0.686. The molecule has 2 bridgehead atoms. The Morgan fingerprint density at radius 2 is 2.07 bits per heavy atom. The van der Waals surface area contributed by atoms with Crippen LogP contribution >= 0.6 is 0 Å². The van der Waals surface area contributed by atoms with Crippen LogP contribution in [0.15, 0.2) is 6.20 Å². The Balaban J connectivity index is 1.36. The number of hydrogen-bond donors (Lipinski definition) is 2. The van der Waals surface area contributed by atoms with E-state index in [-0.39, 0.29) is 29.8 Å². The summed E-state index contributed by atoms with van der Waals surface area (Å²) in [5, 5.41) is 5.98. The Morgan fingerprint density at radius 3 is 2.75 bits per heavy atom. The summed E-state index contributed by atoms with van der Waals surface area (Å²) >= 11 is 0. The predicted octanol–water partition coefficient (Wildman–Crippen LogP) is 2.51. The highest BCUT2D eigenvalue weighted by Crippen LogP contribution is 2.58. The molecule has 1 amide bonds. The van der Waals surface area contributed by atoms with Crippen molar-refractivity contribution in [2.24, 2.45) is 5.92 Å². The van der Waals surface area contributed by atoms with Crippen LogP contribution in [0.2, 0.25) is 0 Å². The van der Waals surface area contributed by atoms with Crippen LogP contribution in [0.4, 0.5) is 24.9 Å². The van der Waals surface area contributed by atoms with Crippen LogP contribution in [-0.4, -0.2) is 59.2 Å². The monoisotopic (exact) mass is 399 g/mol. The van der Waals surface area contributed by atoms with Crippen LogP contribution in [0.5, 0.6) is 0 Å².